The Balaban J connectivity index is 2.19. The molecular formula is C12H16O2S. The number of aryl methyl sites for hydroxylation is 2. The zero-order chi connectivity index (χ0) is 10.8. The highest BCUT2D eigenvalue weighted by atomic mass is 32.1. The number of carbonyl (C=O) groups excluding carboxylic acids is 1. The summed E-state index contributed by atoms with van der Waals surface area (Å²) >= 11 is 1.78. The zero-order valence-electron chi connectivity index (χ0n) is 9.21. The molecule has 1 aliphatic carbocycles. The molecule has 0 aliphatic heterocycles. The molecule has 1 atom stereocenters. The van der Waals surface area contributed by atoms with E-state index in [0.717, 1.165) is 19.3 Å². The van der Waals surface area contributed by atoms with Crippen molar-refractivity contribution in [2.45, 2.75) is 39.0 Å². The van der Waals surface area contributed by atoms with E-state index in [9.17, 15) is 4.79 Å². The minimum atomic E-state index is -0.0410. The summed E-state index contributed by atoms with van der Waals surface area (Å²) in [6.07, 6.45) is 3.03. The third kappa shape index (κ3) is 1.93. The number of thiophene rings is 1. The van der Waals surface area contributed by atoms with E-state index in [2.05, 4.69) is 13.0 Å². The summed E-state index contributed by atoms with van der Waals surface area (Å²) in [5, 5.41) is 0. The summed E-state index contributed by atoms with van der Waals surface area (Å²) in [6.45, 7) is 4.50. The maximum Gasteiger partial charge on any atom is 0.314 e. The topological polar surface area (TPSA) is 26.3 Å². The van der Waals surface area contributed by atoms with Gasteiger partial charge in [0.05, 0.1) is 12.5 Å². The fourth-order valence-corrected chi connectivity index (χ4v) is 3.34. The second-order valence-corrected chi connectivity index (χ2v) is 4.97. The highest BCUT2D eigenvalue weighted by Crippen LogP contribution is 2.40. The van der Waals surface area contributed by atoms with Crippen LogP contribution in [0.2, 0.25) is 0 Å². The van der Waals surface area contributed by atoms with Gasteiger partial charge < -0.3 is 4.74 Å². The van der Waals surface area contributed by atoms with Gasteiger partial charge in [0, 0.05) is 9.75 Å². The van der Waals surface area contributed by atoms with Crippen LogP contribution in [0.25, 0.3) is 0 Å². The Kier molecular flexibility index (Phi) is 3.10. The smallest absolute Gasteiger partial charge is 0.314 e. The van der Waals surface area contributed by atoms with Crippen molar-refractivity contribution in [1.82, 2.24) is 0 Å². The fourth-order valence-electron chi connectivity index (χ4n) is 2.06. The van der Waals surface area contributed by atoms with Crippen molar-refractivity contribution in [2.75, 3.05) is 6.61 Å². The second-order valence-electron chi connectivity index (χ2n) is 3.80. The molecule has 2 rings (SSSR count). The summed E-state index contributed by atoms with van der Waals surface area (Å²) in [5.41, 5.74) is 1.37. The van der Waals surface area contributed by atoms with Crippen LogP contribution in [0.4, 0.5) is 0 Å². The van der Waals surface area contributed by atoms with E-state index in [1.54, 1.807) is 11.3 Å². The van der Waals surface area contributed by atoms with E-state index in [1.807, 2.05) is 6.92 Å². The minimum absolute atomic E-state index is 0.0187. The molecule has 0 N–H and O–H groups in total. The summed E-state index contributed by atoms with van der Waals surface area (Å²) in [5.74, 6) is -0.0222. The first-order valence-electron chi connectivity index (χ1n) is 5.54. The van der Waals surface area contributed by atoms with Crippen molar-refractivity contribution in [3.05, 3.63) is 21.4 Å². The number of ether oxygens (including phenoxy) is 1. The Morgan fingerprint density at radius 1 is 1.60 bits per heavy atom. The van der Waals surface area contributed by atoms with Gasteiger partial charge in [-0.2, -0.15) is 0 Å². The molecule has 0 spiro atoms. The Morgan fingerprint density at radius 3 is 3.07 bits per heavy atom. The van der Waals surface area contributed by atoms with Crippen LogP contribution in [0.5, 0.6) is 0 Å². The van der Waals surface area contributed by atoms with E-state index < -0.39 is 0 Å². The van der Waals surface area contributed by atoms with Gasteiger partial charge in [-0.1, -0.05) is 6.92 Å². The average Bonchev–Trinajstić information content (AvgIpc) is 2.75. The second kappa shape index (κ2) is 4.35. The normalized spacial score (nSPS) is 18.9. The predicted octanol–water partition coefficient (Wildman–Crippen LogP) is 2.90. The summed E-state index contributed by atoms with van der Waals surface area (Å²) in [6, 6.07) is 2.25. The van der Waals surface area contributed by atoms with E-state index in [1.165, 1.54) is 15.3 Å². The third-order valence-electron chi connectivity index (χ3n) is 2.83. The number of esters is 1. The van der Waals surface area contributed by atoms with Gasteiger partial charge in [-0.05, 0) is 37.8 Å². The molecule has 1 heterocycles. The van der Waals surface area contributed by atoms with Gasteiger partial charge in [-0.15, -0.1) is 11.3 Å². The molecule has 0 bridgehead atoms. The molecule has 0 saturated heterocycles. The fraction of sp³-hybridized carbons (Fsp3) is 0.583. The molecule has 1 aromatic heterocycles. The minimum Gasteiger partial charge on any atom is -0.465 e. The van der Waals surface area contributed by atoms with E-state index in [0.29, 0.717) is 6.61 Å². The van der Waals surface area contributed by atoms with Crippen molar-refractivity contribution in [2.24, 2.45) is 0 Å². The molecule has 1 unspecified atom stereocenters. The van der Waals surface area contributed by atoms with Crippen LogP contribution in [0.3, 0.4) is 0 Å². The molecule has 2 nitrogen and oxygen atoms in total. The third-order valence-corrected chi connectivity index (χ3v) is 4.27. The van der Waals surface area contributed by atoms with Gasteiger partial charge in [0.2, 0.25) is 0 Å². The van der Waals surface area contributed by atoms with Gasteiger partial charge in [-0.25, -0.2) is 0 Å². The predicted molar refractivity (Wildman–Crippen MR) is 61.4 cm³/mol. The molecule has 1 aromatic rings. The molecule has 3 heteroatoms. The Labute approximate surface area is 94.3 Å². The summed E-state index contributed by atoms with van der Waals surface area (Å²) in [4.78, 5) is 14.3. The van der Waals surface area contributed by atoms with E-state index in [-0.39, 0.29) is 11.9 Å². The van der Waals surface area contributed by atoms with Crippen LogP contribution >= 0.6 is 11.3 Å². The standard InChI is InChI=1S/C12H16O2S/c1-3-9-7-8-5-6-10(11(8)15-9)12(13)14-4-2/h7,10H,3-6H2,1-2H3. The Hall–Kier alpha value is -0.830. The monoisotopic (exact) mass is 224 g/mol. The molecule has 0 aromatic carbocycles. The Bertz CT molecular complexity index is 368. The van der Waals surface area contributed by atoms with Crippen molar-refractivity contribution in [1.29, 1.82) is 0 Å². The SMILES string of the molecule is CCOC(=O)C1CCc2cc(CC)sc21. The van der Waals surface area contributed by atoms with E-state index >= 15 is 0 Å². The molecular weight excluding hydrogens is 208 g/mol. The number of carbonyl (C=O) groups is 1. The van der Waals surface area contributed by atoms with Crippen molar-refractivity contribution in [3.8, 4) is 0 Å². The zero-order valence-corrected chi connectivity index (χ0v) is 10.0. The average molecular weight is 224 g/mol. The lowest BCUT2D eigenvalue weighted by molar-refractivity contribution is -0.144. The molecule has 0 amide bonds. The quantitative estimate of drug-likeness (QED) is 0.738. The highest BCUT2D eigenvalue weighted by molar-refractivity contribution is 7.12. The first-order chi connectivity index (χ1) is 7.26. The van der Waals surface area contributed by atoms with Gasteiger partial charge in [0.25, 0.3) is 0 Å². The molecule has 0 radical (unpaired) electrons. The van der Waals surface area contributed by atoms with Crippen LogP contribution in [-0.4, -0.2) is 12.6 Å². The lowest BCUT2D eigenvalue weighted by atomic mass is 10.1. The van der Waals surface area contributed by atoms with Crippen molar-refractivity contribution >= 4 is 17.3 Å². The first-order valence-corrected chi connectivity index (χ1v) is 6.36. The van der Waals surface area contributed by atoms with Crippen LogP contribution in [-0.2, 0) is 22.4 Å². The van der Waals surface area contributed by atoms with Crippen molar-refractivity contribution in [3.63, 3.8) is 0 Å². The van der Waals surface area contributed by atoms with Crippen LogP contribution in [0.15, 0.2) is 6.07 Å². The molecule has 15 heavy (non-hydrogen) atoms. The number of hydrogen-bond donors (Lipinski definition) is 0. The van der Waals surface area contributed by atoms with Gasteiger partial charge in [0.1, 0.15) is 0 Å². The van der Waals surface area contributed by atoms with E-state index in [4.69, 9.17) is 4.74 Å². The molecule has 82 valence electrons. The van der Waals surface area contributed by atoms with Crippen LogP contribution in [0.1, 0.15) is 41.5 Å². The molecule has 1 aliphatic rings. The van der Waals surface area contributed by atoms with Gasteiger partial charge in [-0.3, -0.25) is 4.79 Å². The lowest BCUT2D eigenvalue weighted by Gasteiger charge is -2.08. The van der Waals surface area contributed by atoms with Crippen LogP contribution in [0, 0.1) is 0 Å². The highest BCUT2D eigenvalue weighted by Gasteiger charge is 2.31. The largest absolute Gasteiger partial charge is 0.465 e. The summed E-state index contributed by atoms with van der Waals surface area (Å²) < 4.78 is 5.09. The maximum absolute atomic E-state index is 11.7. The maximum atomic E-state index is 11.7. The van der Waals surface area contributed by atoms with Gasteiger partial charge >= 0.3 is 5.97 Å². The first kappa shape index (κ1) is 10.7. The number of rotatable bonds is 3. The Morgan fingerprint density at radius 2 is 2.40 bits per heavy atom. The summed E-state index contributed by atoms with van der Waals surface area (Å²) in [7, 11) is 0. The number of fused-ring (bicyclic) bond motifs is 1. The molecule has 0 fully saturated rings. The number of hydrogen-bond acceptors (Lipinski definition) is 3. The van der Waals surface area contributed by atoms with Crippen LogP contribution < -0.4 is 0 Å². The van der Waals surface area contributed by atoms with Crippen molar-refractivity contribution < 1.29 is 9.53 Å². The molecule has 0 saturated carbocycles. The van der Waals surface area contributed by atoms with Gasteiger partial charge in [0.15, 0.2) is 0 Å². The lowest BCUT2D eigenvalue weighted by Crippen LogP contribution is -2.12.